The number of benzene rings is 1. The standard InChI is InChI=1S/C13H18N2O2S/c1-3-17-13(16)14-11-6-4-10(5-7-11)12-15(2)8-9-18-12/h4-7,12H,3,8-9H2,1-2H3,(H,14,16). The zero-order valence-corrected chi connectivity index (χ0v) is 11.5. The van der Waals surface area contributed by atoms with E-state index in [9.17, 15) is 4.79 Å². The van der Waals surface area contributed by atoms with Crippen molar-refractivity contribution in [1.82, 2.24) is 4.90 Å². The molecule has 0 saturated carbocycles. The van der Waals surface area contributed by atoms with E-state index in [2.05, 4.69) is 29.4 Å². The first-order chi connectivity index (χ1) is 8.70. The topological polar surface area (TPSA) is 41.6 Å². The molecular weight excluding hydrogens is 248 g/mol. The maximum atomic E-state index is 11.3. The average Bonchev–Trinajstić information content (AvgIpc) is 2.77. The van der Waals surface area contributed by atoms with Crippen LogP contribution in [0.4, 0.5) is 10.5 Å². The van der Waals surface area contributed by atoms with Gasteiger partial charge in [-0.3, -0.25) is 10.2 Å². The first-order valence-electron chi connectivity index (χ1n) is 6.06. The number of carbonyl (C=O) groups is 1. The SMILES string of the molecule is CCOC(=O)Nc1ccc(C2SCCN2C)cc1. The average molecular weight is 266 g/mol. The molecule has 0 aliphatic carbocycles. The van der Waals surface area contributed by atoms with Crippen LogP contribution in [0.2, 0.25) is 0 Å². The number of amides is 1. The summed E-state index contributed by atoms with van der Waals surface area (Å²) in [6.45, 7) is 3.29. The summed E-state index contributed by atoms with van der Waals surface area (Å²) in [6, 6.07) is 7.94. The van der Waals surface area contributed by atoms with Crippen molar-refractivity contribution < 1.29 is 9.53 Å². The Labute approximate surface area is 112 Å². The molecule has 0 bridgehead atoms. The van der Waals surface area contributed by atoms with Gasteiger partial charge in [-0.2, -0.15) is 0 Å². The second-order valence-corrected chi connectivity index (χ2v) is 5.36. The highest BCUT2D eigenvalue weighted by molar-refractivity contribution is 7.99. The van der Waals surface area contributed by atoms with Gasteiger partial charge in [-0.25, -0.2) is 4.79 Å². The zero-order chi connectivity index (χ0) is 13.0. The molecule has 1 heterocycles. The molecule has 1 atom stereocenters. The van der Waals surface area contributed by atoms with E-state index in [-0.39, 0.29) is 0 Å². The van der Waals surface area contributed by atoms with Crippen molar-refractivity contribution in [3.63, 3.8) is 0 Å². The molecule has 1 unspecified atom stereocenters. The van der Waals surface area contributed by atoms with Crippen molar-refractivity contribution in [1.29, 1.82) is 0 Å². The van der Waals surface area contributed by atoms with Gasteiger partial charge in [-0.05, 0) is 31.7 Å². The Kier molecular flexibility index (Phi) is 4.49. The lowest BCUT2D eigenvalue weighted by atomic mass is 10.2. The van der Waals surface area contributed by atoms with Crippen molar-refractivity contribution in [2.24, 2.45) is 0 Å². The van der Waals surface area contributed by atoms with Gasteiger partial charge in [0, 0.05) is 18.0 Å². The van der Waals surface area contributed by atoms with Gasteiger partial charge in [0.15, 0.2) is 0 Å². The molecule has 1 aromatic rings. The van der Waals surface area contributed by atoms with Crippen LogP contribution in [0.3, 0.4) is 0 Å². The first-order valence-corrected chi connectivity index (χ1v) is 7.11. The van der Waals surface area contributed by atoms with Crippen LogP contribution >= 0.6 is 11.8 Å². The number of hydrogen-bond donors (Lipinski definition) is 1. The monoisotopic (exact) mass is 266 g/mol. The fourth-order valence-corrected chi connectivity index (χ4v) is 3.25. The van der Waals surface area contributed by atoms with Crippen molar-refractivity contribution in [2.75, 3.05) is 31.3 Å². The summed E-state index contributed by atoms with van der Waals surface area (Å²) in [5.74, 6) is 1.17. The van der Waals surface area contributed by atoms with Crippen LogP contribution in [0.5, 0.6) is 0 Å². The van der Waals surface area contributed by atoms with Crippen molar-refractivity contribution in [3.8, 4) is 0 Å². The first kappa shape index (κ1) is 13.2. The molecule has 98 valence electrons. The van der Waals surface area contributed by atoms with Crippen LogP contribution in [-0.2, 0) is 4.74 Å². The third-order valence-electron chi connectivity index (χ3n) is 2.84. The molecule has 1 fully saturated rings. The maximum Gasteiger partial charge on any atom is 0.411 e. The van der Waals surface area contributed by atoms with E-state index in [0.717, 1.165) is 12.2 Å². The third kappa shape index (κ3) is 3.17. The van der Waals surface area contributed by atoms with Crippen LogP contribution in [0.1, 0.15) is 17.9 Å². The summed E-state index contributed by atoms with van der Waals surface area (Å²) < 4.78 is 4.83. The number of anilines is 1. The molecule has 5 heteroatoms. The molecule has 1 aromatic carbocycles. The number of nitrogens with one attached hydrogen (secondary N) is 1. The predicted octanol–water partition coefficient (Wildman–Crippen LogP) is 2.93. The number of ether oxygens (including phenoxy) is 1. The minimum Gasteiger partial charge on any atom is -0.450 e. The van der Waals surface area contributed by atoms with Gasteiger partial charge in [-0.1, -0.05) is 12.1 Å². The normalized spacial score (nSPS) is 19.8. The van der Waals surface area contributed by atoms with Crippen molar-refractivity contribution in [2.45, 2.75) is 12.3 Å². The molecule has 0 spiro atoms. The van der Waals surface area contributed by atoms with E-state index in [1.54, 1.807) is 6.92 Å². The quantitative estimate of drug-likeness (QED) is 0.913. The van der Waals surface area contributed by atoms with Crippen LogP contribution in [-0.4, -0.2) is 36.9 Å². The number of rotatable bonds is 3. The number of carbonyl (C=O) groups excluding carboxylic acids is 1. The van der Waals surface area contributed by atoms with Crippen LogP contribution in [0.15, 0.2) is 24.3 Å². The Morgan fingerprint density at radius 3 is 2.78 bits per heavy atom. The van der Waals surface area contributed by atoms with Gasteiger partial charge in [0.1, 0.15) is 0 Å². The smallest absolute Gasteiger partial charge is 0.411 e. The summed E-state index contributed by atoms with van der Waals surface area (Å²) in [5.41, 5.74) is 2.04. The predicted molar refractivity (Wildman–Crippen MR) is 74.9 cm³/mol. The van der Waals surface area contributed by atoms with E-state index in [4.69, 9.17) is 4.74 Å². The summed E-state index contributed by atoms with van der Waals surface area (Å²) in [7, 11) is 2.13. The van der Waals surface area contributed by atoms with Gasteiger partial charge in [-0.15, -0.1) is 11.8 Å². The molecular formula is C13H18N2O2S. The van der Waals surface area contributed by atoms with Gasteiger partial charge < -0.3 is 4.74 Å². The van der Waals surface area contributed by atoms with E-state index in [0.29, 0.717) is 12.0 Å². The molecule has 0 aromatic heterocycles. The fraction of sp³-hybridized carbons (Fsp3) is 0.462. The van der Waals surface area contributed by atoms with Crippen LogP contribution < -0.4 is 5.32 Å². The van der Waals surface area contributed by atoms with E-state index in [1.807, 2.05) is 23.9 Å². The van der Waals surface area contributed by atoms with Crippen LogP contribution in [0, 0.1) is 0 Å². The molecule has 18 heavy (non-hydrogen) atoms. The molecule has 1 saturated heterocycles. The minimum atomic E-state index is -0.405. The summed E-state index contributed by atoms with van der Waals surface area (Å²) in [5, 5.41) is 3.12. The lowest BCUT2D eigenvalue weighted by Crippen LogP contribution is -2.17. The number of thioether (sulfide) groups is 1. The Morgan fingerprint density at radius 2 is 2.22 bits per heavy atom. The lowest BCUT2D eigenvalue weighted by Gasteiger charge is -2.18. The van der Waals surface area contributed by atoms with Crippen molar-refractivity contribution >= 4 is 23.5 Å². The van der Waals surface area contributed by atoms with Crippen molar-refractivity contribution in [3.05, 3.63) is 29.8 Å². The molecule has 1 aliphatic rings. The molecule has 1 aliphatic heterocycles. The second kappa shape index (κ2) is 6.11. The molecule has 1 N–H and O–H groups in total. The highest BCUT2D eigenvalue weighted by Gasteiger charge is 2.22. The van der Waals surface area contributed by atoms with Crippen LogP contribution in [0.25, 0.3) is 0 Å². The van der Waals surface area contributed by atoms with E-state index >= 15 is 0 Å². The molecule has 0 radical (unpaired) electrons. The Bertz CT molecular complexity index is 408. The lowest BCUT2D eigenvalue weighted by molar-refractivity contribution is 0.168. The Morgan fingerprint density at radius 1 is 1.50 bits per heavy atom. The second-order valence-electron chi connectivity index (χ2n) is 4.17. The summed E-state index contributed by atoms with van der Waals surface area (Å²) in [4.78, 5) is 13.6. The van der Waals surface area contributed by atoms with E-state index in [1.165, 1.54) is 11.3 Å². The minimum absolute atomic E-state index is 0.382. The molecule has 4 nitrogen and oxygen atoms in total. The van der Waals surface area contributed by atoms with Gasteiger partial charge in [0.05, 0.1) is 12.0 Å². The van der Waals surface area contributed by atoms with E-state index < -0.39 is 6.09 Å². The molecule has 2 rings (SSSR count). The number of hydrogen-bond acceptors (Lipinski definition) is 4. The number of nitrogens with zero attached hydrogens (tertiary/aromatic N) is 1. The fourth-order valence-electron chi connectivity index (χ4n) is 1.92. The van der Waals surface area contributed by atoms with Gasteiger partial charge in [0.2, 0.25) is 0 Å². The Balaban J connectivity index is 1.99. The highest BCUT2D eigenvalue weighted by atomic mass is 32.2. The zero-order valence-electron chi connectivity index (χ0n) is 10.7. The Hall–Kier alpha value is -1.20. The highest BCUT2D eigenvalue weighted by Crippen LogP contribution is 2.36. The maximum absolute atomic E-state index is 11.3. The third-order valence-corrected chi connectivity index (χ3v) is 4.20. The molecule has 1 amide bonds. The largest absolute Gasteiger partial charge is 0.450 e. The summed E-state index contributed by atoms with van der Waals surface area (Å²) in [6.07, 6.45) is -0.405. The summed E-state index contributed by atoms with van der Waals surface area (Å²) >= 11 is 1.95. The van der Waals surface area contributed by atoms with Gasteiger partial charge >= 0.3 is 6.09 Å². The van der Waals surface area contributed by atoms with Gasteiger partial charge in [0.25, 0.3) is 0 Å².